The van der Waals surface area contributed by atoms with Gasteiger partial charge < -0.3 is 15.4 Å². The lowest BCUT2D eigenvalue weighted by Crippen LogP contribution is -2.41. The molecule has 2 N–H and O–H groups in total. The fourth-order valence-corrected chi connectivity index (χ4v) is 4.04. The molecule has 2 bridgehead atoms. The lowest BCUT2D eigenvalue weighted by atomic mass is 9.89. The van der Waals surface area contributed by atoms with E-state index < -0.39 is 0 Å². The number of rotatable bonds is 7. The lowest BCUT2D eigenvalue weighted by Gasteiger charge is -2.28. The van der Waals surface area contributed by atoms with Crippen LogP contribution in [0.15, 0.2) is 24.3 Å². The second-order valence-corrected chi connectivity index (χ2v) is 7.40. The van der Waals surface area contributed by atoms with Crippen molar-refractivity contribution in [3.63, 3.8) is 0 Å². The van der Waals surface area contributed by atoms with Gasteiger partial charge in [-0.15, -0.1) is 12.4 Å². The number of fused-ring (bicyclic) bond motifs is 2. The van der Waals surface area contributed by atoms with Gasteiger partial charge in [-0.2, -0.15) is 0 Å². The Kier molecular flexibility index (Phi) is 7.57. The third-order valence-electron chi connectivity index (χ3n) is 5.41. The van der Waals surface area contributed by atoms with Crippen molar-refractivity contribution in [1.29, 1.82) is 0 Å². The van der Waals surface area contributed by atoms with Crippen LogP contribution in [-0.4, -0.2) is 30.6 Å². The molecule has 2 saturated heterocycles. The number of aryl methyl sites for hydroxylation is 1. The number of halogens is 1. The summed E-state index contributed by atoms with van der Waals surface area (Å²) in [6.07, 6.45) is 6.44. The van der Waals surface area contributed by atoms with Crippen molar-refractivity contribution in [1.82, 2.24) is 10.6 Å². The Balaban J connectivity index is 0.00000225. The molecule has 1 aromatic rings. The van der Waals surface area contributed by atoms with E-state index in [4.69, 9.17) is 4.74 Å². The first kappa shape index (κ1) is 20.1. The molecule has 2 aliphatic rings. The van der Waals surface area contributed by atoms with Crippen LogP contribution in [0.3, 0.4) is 0 Å². The maximum absolute atomic E-state index is 12.3. The number of amides is 1. The van der Waals surface area contributed by atoms with Crippen molar-refractivity contribution < 1.29 is 9.53 Å². The van der Waals surface area contributed by atoms with Crippen molar-refractivity contribution in [2.45, 2.75) is 70.6 Å². The molecule has 3 rings (SSSR count). The second kappa shape index (κ2) is 9.44. The highest BCUT2D eigenvalue weighted by molar-refractivity contribution is 5.85. The molecular weight excluding hydrogens is 336 g/mol. The van der Waals surface area contributed by atoms with Crippen molar-refractivity contribution >= 4 is 18.3 Å². The van der Waals surface area contributed by atoms with Gasteiger partial charge in [0.2, 0.25) is 5.91 Å². The van der Waals surface area contributed by atoms with E-state index in [9.17, 15) is 4.79 Å². The predicted molar refractivity (Wildman–Crippen MR) is 103 cm³/mol. The lowest BCUT2D eigenvalue weighted by molar-refractivity contribution is -0.122. The number of benzene rings is 1. The number of nitrogens with one attached hydrogen (secondary N) is 2. The van der Waals surface area contributed by atoms with Gasteiger partial charge in [0.15, 0.2) is 0 Å². The minimum atomic E-state index is 0. The molecule has 4 nitrogen and oxygen atoms in total. The maximum atomic E-state index is 12.3. The Labute approximate surface area is 157 Å². The van der Waals surface area contributed by atoms with Crippen LogP contribution >= 0.6 is 12.4 Å². The average Bonchev–Trinajstić information content (AvgIpc) is 2.91. The number of hydrogen-bond donors (Lipinski definition) is 2. The molecule has 2 fully saturated rings. The van der Waals surface area contributed by atoms with Crippen molar-refractivity contribution in [3.8, 4) is 5.75 Å². The molecule has 0 radical (unpaired) electrons. The Hall–Kier alpha value is -1.26. The summed E-state index contributed by atoms with van der Waals surface area (Å²) in [5.41, 5.74) is 1.13. The van der Waals surface area contributed by atoms with E-state index in [1.165, 1.54) is 12.8 Å². The van der Waals surface area contributed by atoms with Gasteiger partial charge >= 0.3 is 0 Å². The Morgan fingerprint density at radius 3 is 2.60 bits per heavy atom. The number of ether oxygens (including phenoxy) is 1. The molecule has 0 aromatic heterocycles. The molecule has 3 atom stereocenters. The summed E-state index contributed by atoms with van der Waals surface area (Å²) in [5.74, 6) is 1.63. The monoisotopic (exact) mass is 366 g/mol. The minimum absolute atomic E-state index is 0. The van der Waals surface area contributed by atoms with Crippen LogP contribution in [0.5, 0.6) is 5.75 Å². The number of hydrogen-bond acceptors (Lipinski definition) is 3. The van der Waals surface area contributed by atoms with E-state index in [0.717, 1.165) is 30.6 Å². The summed E-state index contributed by atoms with van der Waals surface area (Å²) in [6.45, 7) is 4.73. The molecule has 1 aromatic carbocycles. The van der Waals surface area contributed by atoms with Gasteiger partial charge in [0.05, 0.1) is 6.54 Å². The molecule has 25 heavy (non-hydrogen) atoms. The first-order valence-corrected chi connectivity index (χ1v) is 9.39. The summed E-state index contributed by atoms with van der Waals surface area (Å²) in [7, 11) is 0. The van der Waals surface area contributed by atoms with E-state index in [0.29, 0.717) is 31.0 Å². The first-order chi connectivity index (χ1) is 11.6. The van der Waals surface area contributed by atoms with Gasteiger partial charge in [-0.25, -0.2) is 0 Å². The van der Waals surface area contributed by atoms with Gasteiger partial charge in [-0.05, 0) is 56.6 Å². The summed E-state index contributed by atoms with van der Waals surface area (Å²) in [4.78, 5) is 12.3. The zero-order chi connectivity index (χ0) is 16.9. The highest BCUT2D eigenvalue weighted by Crippen LogP contribution is 2.32. The van der Waals surface area contributed by atoms with Crippen LogP contribution in [0.25, 0.3) is 0 Å². The van der Waals surface area contributed by atoms with E-state index >= 15 is 0 Å². The SMILES string of the molecule is CCC(CNC(=O)CC1CC2CCC(C1)N2)Oc1ccccc1C.Cl. The van der Waals surface area contributed by atoms with Crippen LogP contribution in [-0.2, 0) is 4.79 Å². The fraction of sp³-hybridized carbons (Fsp3) is 0.650. The third kappa shape index (κ3) is 5.61. The first-order valence-electron chi connectivity index (χ1n) is 9.39. The number of carbonyl (C=O) groups is 1. The molecule has 2 heterocycles. The Morgan fingerprint density at radius 1 is 1.28 bits per heavy atom. The molecule has 2 aliphatic heterocycles. The summed E-state index contributed by atoms with van der Waals surface area (Å²) >= 11 is 0. The van der Waals surface area contributed by atoms with Crippen molar-refractivity contribution in [3.05, 3.63) is 29.8 Å². The smallest absolute Gasteiger partial charge is 0.220 e. The molecule has 1 amide bonds. The van der Waals surface area contributed by atoms with E-state index in [-0.39, 0.29) is 24.4 Å². The minimum Gasteiger partial charge on any atom is -0.488 e. The van der Waals surface area contributed by atoms with Crippen LogP contribution in [0.1, 0.15) is 51.0 Å². The normalized spacial score (nSPS) is 25.8. The zero-order valence-electron chi connectivity index (χ0n) is 15.3. The molecular formula is C20H31ClN2O2. The Bertz CT molecular complexity index is 554. The van der Waals surface area contributed by atoms with E-state index in [1.807, 2.05) is 31.2 Å². The predicted octanol–water partition coefficient (Wildman–Crippen LogP) is 3.61. The van der Waals surface area contributed by atoms with Crippen LogP contribution < -0.4 is 15.4 Å². The summed E-state index contributed by atoms with van der Waals surface area (Å²) in [6, 6.07) is 9.33. The topological polar surface area (TPSA) is 50.4 Å². The third-order valence-corrected chi connectivity index (χ3v) is 5.41. The highest BCUT2D eigenvalue weighted by Gasteiger charge is 2.34. The second-order valence-electron chi connectivity index (χ2n) is 7.40. The van der Waals surface area contributed by atoms with Gasteiger partial charge in [0.1, 0.15) is 11.9 Å². The van der Waals surface area contributed by atoms with Crippen LogP contribution in [0.4, 0.5) is 0 Å². The number of carbonyl (C=O) groups excluding carboxylic acids is 1. The number of para-hydroxylation sites is 1. The van der Waals surface area contributed by atoms with Crippen molar-refractivity contribution in [2.24, 2.45) is 5.92 Å². The largest absolute Gasteiger partial charge is 0.488 e. The molecule has 5 heteroatoms. The standard InChI is InChI=1S/C20H30N2O2.ClH/c1-3-18(24-19-7-5-4-6-14(19)2)13-21-20(23)12-15-10-16-8-9-17(11-15)22-16;/h4-7,15-18,22H,3,8-13H2,1-2H3,(H,21,23);1H. The molecule has 0 aliphatic carbocycles. The molecule has 0 spiro atoms. The van der Waals surface area contributed by atoms with Gasteiger partial charge in [-0.1, -0.05) is 25.1 Å². The zero-order valence-corrected chi connectivity index (χ0v) is 16.1. The van der Waals surface area contributed by atoms with Gasteiger partial charge in [0, 0.05) is 18.5 Å². The molecule has 140 valence electrons. The molecule has 0 saturated carbocycles. The van der Waals surface area contributed by atoms with Crippen LogP contribution in [0, 0.1) is 12.8 Å². The maximum Gasteiger partial charge on any atom is 0.220 e. The summed E-state index contributed by atoms with van der Waals surface area (Å²) in [5, 5.41) is 6.72. The Morgan fingerprint density at radius 2 is 1.96 bits per heavy atom. The van der Waals surface area contributed by atoms with Gasteiger partial charge in [-0.3, -0.25) is 4.79 Å². The summed E-state index contributed by atoms with van der Waals surface area (Å²) < 4.78 is 6.05. The fourth-order valence-electron chi connectivity index (χ4n) is 4.04. The van der Waals surface area contributed by atoms with Gasteiger partial charge in [0.25, 0.3) is 0 Å². The van der Waals surface area contributed by atoms with Crippen LogP contribution in [0.2, 0.25) is 0 Å². The number of piperidine rings is 1. The van der Waals surface area contributed by atoms with Crippen molar-refractivity contribution in [2.75, 3.05) is 6.54 Å². The van der Waals surface area contributed by atoms with E-state index in [1.54, 1.807) is 0 Å². The quantitative estimate of drug-likeness (QED) is 0.775. The van der Waals surface area contributed by atoms with E-state index in [2.05, 4.69) is 17.6 Å². The average molecular weight is 367 g/mol. The molecule has 3 unspecified atom stereocenters. The highest BCUT2D eigenvalue weighted by atomic mass is 35.5.